The fraction of sp³-hybridized carbons (Fsp3) is 0.409. The number of anilines is 1. The number of amides is 2. The van der Waals surface area contributed by atoms with Gasteiger partial charge in [-0.3, -0.25) is 14.6 Å². The number of para-hydroxylation sites is 1. The van der Waals surface area contributed by atoms with Gasteiger partial charge in [0.05, 0.1) is 0 Å². The second-order valence-electron chi connectivity index (χ2n) is 7.38. The van der Waals surface area contributed by atoms with Crippen LogP contribution < -0.4 is 10.6 Å². The van der Waals surface area contributed by atoms with E-state index in [1.54, 1.807) is 12.4 Å². The highest BCUT2D eigenvalue weighted by molar-refractivity contribution is 5.94. The van der Waals surface area contributed by atoms with Crippen LogP contribution in [-0.2, 0) is 16.1 Å². The maximum atomic E-state index is 12.6. The van der Waals surface area contributed by atoms with Crippen molar-refractivity contribution in [2.75, 3.05) is 5.32 Å². The van der Waals surface area contributed by atoms with E-state index < -0.39 is 0 Å². The zero-order valence-electron chi connectivity index (χ0n) is 16.0. The van der Waals surface area contributed by atoms with E-state index in [9.17, 15) is 9.59 Å². The molecule has 2 aromatic rings. The quantitative estimate of drug-likeness (QED) is 0.847. The molecule has 0 aliphatic heterocycles. The van der Waals surface area contributed by atoms with Gasteiger partial charge >= 0.3 is 0 Å². The second kappa shape index (κ2) is 8.80. The molecule has 1 aromatic heterocycles. The van der Waals surface area contributed by atoms with Crippen LogP contribution in [0.5, 0.6) is 0 Å². The smallest absolute Gasteiger partial charge is 0.227 e. The number of aromatic nitrogens is 1. The first-order valence-electron chi connectivity index (χ1n) is 9.58. The van der Waals surface area contributed by atoms with Crippen molar-refractivity contribution in [3.05, 3.63) is 59.4 Å². The van der Waals surface area contributed by atoms with Gasteiger partial charge in [0, 0.05) is 36.5 Å². The van der Waals surface area contributed by atoms with Gasteiger partial charge in [-0.05, 0) is 68.4 Å². The Labute approximate surface area is 160 Å². The molecule has 0 bridgehead atoms. The lowest BCUT2D eigenvalue weighted by molar-refractivity contribution is -0.128. The molecule has 1 fully saturated rings. The summed E-state index contributed by atoms with van der Waals surface area (Å²) in [4.78, 5) is 29.0. The molecule has 142 valence electrons. The predicted octanol–water partition coefficient (Wildman–Crippen LogP) is 3.76. The van der Waals surface area contributed by atoms with E-state index in [0.717, 1.165) is 48.1 Å². The van der Waals surface area contributed by atoms with Gasteiger partial charge in [0.1, 0.15) is 0 Å². The third-order valence-electron chi connectivity index (χ3n) is 5.41. The van der Waals surface area contributed by atoms with Crippen molar-refractivity contribution in [3.63, 3.8) is 0 Å². The highest BCUT2D eigenvalue weighted by Crippen LogP contribution is 2.30. The van der Waals surface area contributed by atoms with Crippen LogP contribution in [0.25, 0.3) is 0 Å². The number of nitrogens with zero attached hydrogens (tertiary/aromatic N) is 1. The summed E-state index contributed by atoms with van der Waals surface area (Å²) >= 11 is 0. The Kier molecular flexibility index (Phi) is 6.22. The van der Waals surface area contributed by atoms with Crippen molar-refractivity contribution in [1.29, 1.82) is 0 Å². The minimum absolute atomic E-state index is 0.00363. The molecular weight excluding hydrogens is 338 g/mol. The van der Waals surface area contributed by atoms with Gasteiger partial charge in [-0.25, -0.2) is 0 Å². The first-order chi connectivity index (χ1) is 13.0. The number of carbonyl (C=O) groups is 2. The molecular formula is C22H27N3O2. The van der Waals surface area contributed by atoms with Gasteiger partial charge in [0.25, 0.3) is 0 Å². The van der Waals surface area contributed by atoms with Crippen LogP contribution in [0, 0.1) is 25.7 Å². The van der Waals surface area contributed by atoms with Gasteiger partial charge < -0.3 is 10.6 Å². The molecule has 2 N–H and O–H groups in total. The van der Waals surface area contributed by atoms with Crippen molar-refractivity contribution in [3.8, 4) is 0 Å². The summed E-state index contributed by atoms with van der Waals surface area (Å²) in [5.41, 5.74) is 4.11. The lowest BCUT2D eigenvalue weighted by Crippen LogP contribution is -2.35. The van der Waals surface area contributed by atoms with Crippen LogP contribution in [0.2, 0.25) is 0 Å². The minimum Gasteiger partial charge on any atom is -0.352 e. The molecule has 1 saturated carbocycles. The number of carbonyl (C=O) groups excluding carboxylic acids is 2. The van der Waals surface area contributed by atoms with Crippen LogP contribution in [-0.4, -0.2) is 16.8 Å². The van der Waals surface area contributed by atoms with E-state index in [1.165, 1.54) is 0 Å². The molecule has 27 heavy (non-hydrogen) atoms. The van der Waals surface area contributed by atoms with E-state index in [2.05, 4.69) is 15.6 Å². The van der Waals surface area contributed by atoms with Crippen LogP contribution in [0.1, 0.15) is 42.4 Å². The van der Waals surface area contributed by atoms with Crippen LogP contribution in [0.15, 0.2) is 42.7 Å². The Morgan fingerprint density at radius 1 is 0.926 bits per heavy atom. The summed E-state index contributed by atoms with van der Waals surface area (Å²) in [7, 11) is 0. The largest absolute Gasteiger partial charge is 0.352 e. The van der Waals surface area contributed by atoms with Gasteiger partial charge in [-0.15, -0.1) is 0 Å². The molecule has 2 amide bonds. The number of rotatable bonds is 5. The Bertz CT molecular complexity index is 776. The van der Waals surface area contributed by atoms with E-state index in [0.29, 0.717) is 6.54 Å². The van der Waals surface area contributed by atoms with E-state index in [-0.39, 0.29) is 23.7 Å². The summed E-state index contributed by atoms with van der Waals surface area (Å²) in [6.45, 7) is 4.54. The van der Waals surface area contributed by atoms with Crippen molar-refractivity contribution in [1.82, 2.24) is 10.3 Å². The van der Waals surface area contributed by atoms with E-state index in [1.807, 2.05) is 44.2 Å². The van der Waals surface area contributed by atoms with E-state index >= 15 is 0 Å². The highest BCUT2D eigenvalue weighted by Gasteiger charge is 2.30. The number of aryl methyl sites for hydroxylation is 2. The molecule has 1 heterocycles. The summed E-state index contributed by atoms with van der Waals surface area (Å²) in [5, 5.41) is 6.09. The molecule has 0 atom stereocenters. The second-order valence-corrected chi connectivity index (χ2v) is 7.38. The average molecular weight is 365 g/mol. The standard InChI is InChI=1S/C22H27N3O2/c1-15-4-3-5-16(2)20(15)25-22(27)19-8-6-18(7-9-19)21(26)24-14-17-10-12-23-13-11-17/h3-5,10-13,18-19H,6-9,14H2,1-2H3,(H,24,26)(H,25,27). The maximum absolute atomic E-state index is 12.6. The summed E-state index contributed by atoms with van der Waals surface area (Å²) < 4.78 is 0. The molecule has 5 heteroatoms. The zero-order valence-corrected chi connectivity index (χ0v) is 16.0. The van der Waals surface area contributed by atoms with Gasteiger partial charge in [0.15, 0.2) is 0 Å². The highest BCUT2D eigenvalue weighted by atomic mass is 16.2. The van der Waals surface area contributed by atoms with Gasteiger partial charge in [0.2, 0.25) is 11.8 Å². The van der Waals surface area contributed by atoms with Crippen LogP contribution >= 0.6 is 0 Å². The molecule has 1 aromatic carbocycles. The molecule has 1 aliphatic rings. The lowest BCUT2D eigenvalue weighted by Gasteiger charge is -2.27. The number of benzene rings is 1. The normalized spacial score (nSPS) is 19.3. The lowest BCUT2D eigenvalue weighted by atomic mass is 9.81. The van der Waals surface area contributed by atoms with E-state index in [4.69, 9.17) is 0 Å². The number of pyridine rings is 1. The molecule has 1 aliphatic carbocycles. The predicted molar refractivity (Wildman–Crippen MR) is 106 cm³/mol. The molecule has 0 saturated heterocycles. The molecule has 0 unspecified atom stereocenters. The van der Waals surface area contributed by atoms with Gasteiger partial charge in [-0.1, -0.05) is 18.2 Å². The van der Waals surface area contributed by atoms with Crippen molar-refractivity contribution in [2.45, 2.75) is 46.1 Å². The Morgan fingerprint density at radius 2 is 1.48 bits per heavy atom. The van der Waals surface area contributed by atoms with Crippen molar-refractivity contribution < 1.29 is 9.59 Å². The Balaban J connectivity index is 1.48. The first kappa shape index (κ1) is 19.1. The first-order valence-corrected chi connectivity index (χ1v) is 9.58. The molecule has 5 nitrogen and oxygen atoms in total. The number of hydrogen-bond donors (Lipinski definition) is 2. The number of hydrogen-bond acceptors (Lipinski definition) is 3. The summed E-state index contributed by atoms with van der Waals surface area (Å²) in [6, 6.07) is 9.81. The molecule has 0 spiro atoms. The van der Waals surface area contributed by atoms with Crippen molar-refractivity contribution >= 4 is 17.5 Å². The van der Waals surface area contributed by atoms with Gasteiger partial charge in [-0.2, -0.15) is 0 Å². The SMILES string of the molecule is Cc1cccc(C)c1NC(=O)C1CCC(C(=O)NCc2ccncc2)CC1. The van der Waals surface area contributed by atoms with Crippen LogP contribution in [0.4, 0.5) is 5.69 Å². The maximum Gasteiger partial charge on any atom is 0.227 e. The Morgan fingerprint density at radius 3 is 2.07 bits per heavy atom. The fourth-order valence-corrected chi connectivity index (χ4v) is 3.69. The molecule has 0 radical (unpaired) electrons. The monoisotopic (exact) mass is 365 g/mol. The fourth-order valence-electron chi connectivity index (χ4n) is 3.69. The number of nitrogens with one attached hydrogen (secondary N) is 2. The third kappa shape index (κ3) is 4.94. The molecule has 3 rings (SSSR count). The Hall–Kier alpha value is -2.69. The minimum atomic E-state index is -0.0201. The summed E-state index contributed by atoms with van der Waals surface area (Å²) in [5.74, 6) is 0.132. The average Bonchev–Trinajstić information content (AvgIpc) is 2.70. The third-order valence-corrected chi connectivity index (χ3v) is 5.41. The van der Waals surface area contributed by atoms with Crippen molar-refractivity contribution in [2.24, 2.45) is 11.8 Å². The summed E-state index contributed by atoms with van der Waals surface area (Å²) in [6.07, 6.45) is 6.47. The topological polar surface area (TPSA) is 71.1 Å². The van der Waals surface area contributed by atoms with Crippen LogP contribution in [0.3, 0.4) is 0 Å². The zero-order chi connectivity index (χ0) is 19.2.